The highest BCUT2D eigenvalue weighted by molar-refractivity contribution is 7.89. The molecule has 0 amide bonds. The van der Waals surface area contributed by atoms with Gasteiger partial charge in [-0.25, -0.2) is 17.5 Å². The lowest BCUT2D eigenvalue weighted by atomic mass is 9.92. The largest absolute Gasteiger partial charge is 0.479 e. The first-order chi connectivity index (χ1) is 9.89. The van der Waals surface area contributed by atoms with Crippen molar-refractivity contribution in [2.24, 2.45) is 0 Å². The van der Waals surface area contributed by atoms with Crippen LogP contribution in [-0.4, -0.2) is 68.1 Å². The van der Waals surface area contributed by atoms with E-state index in [-0.39, 0.29) is 37.8 Å². The van der Waals surface area contributed by atoms with Crippen LogP contribution in [0.1, 0.15) is 32.1 Å². The van der Waals surface area contributed by atoms with Crippen molar-refractivity contribution in [1.82, 2.24) is 4.31 Å². The number of piperidine rings is 1. The molecular weight excluding hydrogens is 298 g/mol. The van der Waals surface area contributed by atoms with Gasteiger partial charge in [0.25, 0.3) is 0 Å². The fourth-order valence-corrected chi connectivity index (χ4v) is 4.59. The van der Waals surface area contributed by atoms with E-state index in [1.54, 1.807) is 0 Å². The van der Waals surface area contributed by atoms with E-state index < -0.39 is 21.6 Å². The Labute approximate surface area is 125 Å². The Bertz CT molecular complexity index is 463. The second kappa shape index (κ2) is 6.60. The zero-order valence-electron chi connectivity index (χ0n) is 12.3. The van der Waals surface area contributed by atoms with Gasteiger partial charge in [-0.15, -0.1) is 0 Å². The quantitative estimate of drug-likeness (QED) is 0.790. The number of carbonyl (C=O) groups is 1. The molecule has 122 valence electrons. The van der Waals surface area contributed by atoms with Crippen LogP contribution in [0.2, 0.25) is 0 Å². The Balaban J connectivity index is 1.95. The molecule has 0 aromatic heterocycles. The van der Waals surface area contributed by atoms with E-state index in [2.05, 4.69) is 0 Å². The Kier molecular flexibility index (Phi) is 5.24. The highest BCUT2D eigenvalue weighted by atomic mass is 32.2. The van der Waals surface area contributed by atoms with E-state index in [1.165, 1.54) is 11.4 Å². The van der Waals surface area contributed by atoms with Crippen molar-refractivity contribution in [3.05, 3.63) is 0 Å². The maximum Gasteiger partial charge on any atom is 0.336 e. The summed E-state index contributed by atoms with van der Waals surface area (Å²) >= 11 is 0. The van der Waals surface area contributed by atoms with Crippen LogP contribution in [0.4, 0.5) is 0 Å². The van der Waals surface area contributed by atoms with Crippen molar-refractivity contribution in [1.29, 1.82) is 0 Å². The summed E-state index contributed by atoms with van der Waals surface area (Å²) in [6, 6.07) is 0. The van der Waals surface area contributed by atoms with Gasteiger partial charge in [0.15, 0.2) is 5.60 Å². The van der Waals surface area contributed by atoms with Gasteiger partial charge in [-0.3, -0.25) is 0 Å². The van der Waals surface area contributed by atoms with E-state index in [4.69, 9.17) is 9.47 Å². The van der Waals surface area contributed by atoms with Gasteiger partial charge < -0.3 is 14.6 Å². The first-order valence-electron chi connectivity index (χ1n) is 7.28. The first kappa shape index (κ1) is 16.7. The highest BCUT2D eigenvalue weighted by Gasteiger charge is 2.44. The summed E-state index contributed by atoms with van der Waals surface area (Å²) in [5.74, 6) is -1.04. The Hall–Kier alpha value is -0.700. The number of methoxy groups -OCH3 is 1. The van der Waals surface area contributed by atoms with E-state index >= 15 is 0 Å². The van der Waals surface area contributed by atoms with E-state index in [0.717, 1.165) is 19.3 Å². The molecule has 0 bridgehead atoms. The molecule has 2 rings (SSSR count). The van der Waals surface area contributed by atoms with Gasteiger partial charge in [-0.1, -0.05) is 0 Å². The van der Waals surface area contributed by atoms with Crippen molar-refractivity contribution >= 4 is 16.0 Å². The van der Waals surface area contributed by atoms with Crippen LogP contribution < -0.4 is 0 Å². The predicted molar refractivity (Wildman–Crippen MR) is 75.6 cm³/mol. The molecule has 0 radical (unpaired) electrons. The van der Waals surface area contributed by atoms with Gasteiger partial charge in [0.05, 0.1) is 11.9 Å². The van der Waals surface area contributed by atoms with Crippen LogP contribution in [0.25, 0.3) is 0 Å². The standard InChI is InChI=1S/C13H23NO6S/c1-19-13(12(15)16)5-7-14(8-6-13)21(17,18)10-11-4-2-3-9-20-11/h11H,2-10H2,1H3,(H,15,16). The molecule has 0 aliphatic carbocycles. The van der Waals surface area contributed by atoms with Crippen molar-refractivity contribution in [3.63, 3.8) is 0 Å². The van der Waals surface area contributed by atoms with Crippen LogP contribution in [0.5, 0.6) is 0 Å². The molecule has 2 saturated heterocycles. The van der Waals surface area contributed by atoms with Gasteiger partial charge >= 0.3 is 5.97 Å². The van der Waals surface area contributed by atoms with Crippen LogP contribution >= 0.6 is 0 Å². The van der Waals surface area contributed by atoms with Crippen molar-refractivity contribution < 1.29 is 27.8 Å². The van der Waals surface area contributed by atoms with Crippen LogP contribution in [0.15, 0.2) is 0 Å². The smallest absolute Gasteiger partial charge is 0.336 e. The number of aliphatic carboxylic acids is 1. The Morgan fingerprint density at radius 2 is 2.05 bits per heavy atom. The summed E-state index contributed by atoms with van der Waals surface area (Å²) in [6.07, 6.45) is 2.84. The molecule has 0 saturated carbocycles. The van der Waals surface area contributed by atoms with E-state index in [0.29, 0.717) is 6.61 Å². The molecule has 2 aliphatic heterocycles. The third kappa shape index (κ3) is 3.74. The molecule has 21 heavy (non-hydrogen) atoms. The average molecular weight is 321 g/mol. The first-order valence-corrected chi connectivity index (χ1v) is 8.88. The van der Waals surface area contributed by atoms with Crippen LogP contribution in [-0.2, 0) is 24.3 Å². The number of sulfonamides is 1. The molecule has 2 aliphatic rings. The zero-order chi connectivity index (χ0) is 15.5. The van der Waals surface area contributed by atoms with Crippen molar-refractivity contribution in [2.75, 3.05) is 32.6 Å². The zero-order valence-corrected chi connectivity index (χ0v) is 13.1. The number of carboxylic acids is 1. The topological polar surface area (TPSA) is 93.1 Å². The molecule has 8 heteroatoms. The lowest BCUT2D eigenvalue weighted by Crippen LogP contribution is -2.53. The molecule has 0 spiro atoms. The van der Waals surface area contributed by atoms with Crippen molar-refractivity contribution in [3.8, 4) is 0 Å². The summed E-state index contributed by atoms with van der Waals surface area (Å²) in [6.45, 7) is 0.969. The van der Waals surface area contributed by atoms with Gasteiger partial charge in [-0.05, 0) is 19.3 Å². The number of ether oxygens (including phenoxy) is 2. The summed E-state index contributed by atoms with van der Waals surface area (Å²) in [5.41, 5.74) is -1.26. The molecule has 0 aromatic carbocycles. The molecule has 1 N–H and O–H groups in total. The molecule has 1 atom stereocenters. The number of hydrogen-bond donors (Lipinski definition) is 1. The molecule has 2 heterocycles. The minimum Gasteiger partial charge on any atom is -0.479 e. The van der Waals surface area contributed by atoms with Gasteiger partial charge in [0, 0.05) is 39.6 Å². The third-order valence-electron chi connectivity index (χ3n) is 4.37. The van der Waals surface area contributed by atoms with Gasteiger partial charge in [0.2, 0.25) is 10.0 Å². The fraction of sp³-hybridized carbons (Fsp3) is 0.923. The van der Waals surface area contributed by atoms with Crippen LogP contribution in [0, 0.1) is 0 Å². The third-order valence-corrected chi connectivity index (χ3v) is 6.32. The normalized spacial score (nSPS) is 27.4. The summed E-state index contributed by atoms with van der Waals surface area (Å²) in [4.78, 5) is 11.3. The second-order valence-electron chi connectivity index (χ2n) is 5.67. The fourth-order valence-electron chi connectivity index (χ4n) is 2.91. The molecular formula is C13H23NO6S. The average Bonchev–Trinajstić information content (AvgIpc) is 2.47. The minimum atomic E-state index is -3.41. The predicted octanol–water partition coefficient (Wildman–Crippen LogP) is 0.451. The summed E-state index contributed by atoms with van der Waals surface area (Å²) in [7, 11) is -2.05. The lowest BCUT2D eigenvalue weighted by Gasteiger charge is -2.37. The van der Waals surface area contributed by atoms with E-state index in [1.807, 2.05) is 0 Å². The number of hydrogen-bond acceptors (Lipinski definition) is 5. The molecule has 7 nitrogen and oxygen atoms in total. The Morgan fingerprint density at radius 3 is 2.52 bits per heavy atom. The van der Waals surface area contributed by atoms with Gasteiger partial charge in [0.1, 0.15) is 0 Å². The number of rotatable bonds is 5. The van der Waals surface area contributed by atoms with Crippen LogP contribution in [0.3, 0.4) is 0 Å². The van der Waals surface area contributed by atoms with Crippen molar-refractivity contribution in [2.45, 2.75) is 43.8 Å². The Morgan fingerprint density at radius 1 is 1.38 bits per heavy atom. The summed E-state index contributed by atoms with van der Waals surface area (Å²) in [5, 5.41) is 9.23. The highest BCUT2D eigenvalue weighted by Crippen LogP contribution is 2.28. The monoisotopic (exact) mass is 321 g/mol. The number of carboxylic acid groups (broad SMARTS) is 1. The molecule has 2 fully saturated rings. The molecule has 0 aromatic rings. The number of nitrogens with zero attached hydrogens (tertiary/aromatic N) is 1. The molecule has 1 unspecified atom stereocenters. The SMILES string of the molecule is COC1(C(=O)O)CCN(S(=O)(=O)CC2CCCCO2)CC1. The van der Waals surface area contributed by atoms with E-state index in [9.17, 15) is 18.3 Å². The maximum absolute atomic E-state index is 12.4. The second-order valence-corrected chi connectivity index (χ2v) is 7.68. The minimum absolute atomic E-state index is 0.0138. The summed E-state index contributed by atoms with van der Waals surface area (Å²) < 4.78 is 36.7. The maximum atomic E-state index is 12.4. The lowest BCUT2D eigenvalue weighted by molar-refractivity contribution is -0.166. The van der Waals surface area contributed by atoms with Gasteiger partial charge in [-0.2, -0.15) is 0 Å².